The number of carboxylic acid groups (broad SMARTS) is 2. The second-order valence-corrected chi connectivity index (χ2v) is 22.2. The van der Waals surface area contributed by atoms with Gasteiger partial charge in [-0.2, -0.15) is 0 Å². The monoisotopic (exact) mass is 1210 g/mol. The van der Waals surface area contributed by atoms with E-state index in [0.29, 0.717) is 12.0 Å². The van der Waals surface area contributed by atoms with Crippen molar-refractivity contribution in [1.29, 1.82) is 0 Å². The molecule has 29 heteroatoms. The quantitative estimate of drug-likeness (QED) is 0.0334. The summed E-state index contributed by atoms with van der Waals surface area (Å²) in [5, 5.41) is 59.5. The predicted molar refractivity (Wildman–Crippen MR) is 306 cm³/mol. The van der Waals surface area contributed by atoms with Gasteiger partial charge in [-0.1, -0.05) is 88.4 Å². The number of likely N-dealkylation sites (tertiary alicyclic amines) is 2. The number of nitrogens with one attached hydrogen (secondary N) is 8. The lowest BCUT2D eigenvalue weighted by Crippen LogP contribution is -2.62. The van der Waals surface area contributed by atoms with E-state index in [9.17, 15) is 82.8 Å². The molecule has 16 N–H and O–H groups in total. The molecule has 0 saturated carbocycles. The van der Waals surface area contributed by atoms with E-state index < -0.39 is 187 Å². The van der Waals surface area contributed by atoms with Crippen molar-refractivity contribution in [2.75, 3.05) is 19.7 Å². The Morgan fingerprint density at radius 1 is 0.535 bits per heavy atom. The van der Waals surface area contributed by atoms with Crippen LogP contribution in [0.25, 0.3) is 0 Å². The van der Waals surface area contributed by atoms with Crippen molar-refractivity contribution >= 4 is 76.9 Å². The number of hydrogen-bond donors (Lipinski definition) is 14. The lowest BCUT2D eigenvalue weighted by Gasteiger charge is -2.33. The summed E-state index contributed by atoms with van der Waals surface area (Å²) in [5.41, 5.74) is 13.1. The molecule has 2 saturated heterocycles. The van der Waals surface area contributed by atoms with Crippen molar-refractivity contribution < 1.29 is 82.8 Å². The Hall–Kier alpha value is -8.57. The number of nitrogens with zero attached hydrogens (tertiary/aromatic N) is 2. The minimum Gasteiger partial charge on any atom is -0.481 e. The lowest BCUT2D eigenvalue weighted by molar-refractivity contribution is -0.144. The number of aliphatic hydroxyl groups excluding tert-OH is 2. The van der Waals surface area contributed by atoms with Gasteiger partial charge in [0.15, 0.2) is 0 Å². The van der Waals surface area contributed by atoms with Crippen molar-refractivity contribution in [1.82, 2.24) is 52.3 Å². The molecule has 2 aromatic carbocycles. The smallest absolute Gasteiger partial charge is 0.326 e. The summed E-state index contributed by atoms with van der Waals surface area (Å²) in [6.07, 6.45) is -2.81. The van der Waals surface area contributed by atoms with Crippen LogP contribution in [-0.4, -0.2) is 199 Å². The molecule has 2 heterocycles. The minimum atomic E-state index is -1.81. The summed E-state index contributed by atoms with van der Waals surface area (Å²) in [7, 11) is 0. The average Bonchev–Trinajstić information content (AvgIpc) is 4.39. The summed E-state index contributed by atoms with van der Waals surface area (Å²) < 4.78 is 0. The molecular formula is C57H82N12O17. The molecule has 0 bridgehead atoms. The molecule has 0 radical (unpaired) electrons. The molecule has 0 unspecified atom stereocenters. The largest absolute Gasteiger partial charge is 0.481 e. The van der Waals surface area contributed by atoms with Gasteiger partial charge < -0.3 is 84.2 Å². The summed E-state index contributed by atoms with van der Waals surface area (Å²) >= 11 is 0. The highest BCUT2D eigenvalue weighted by atomic mass is 16.4. The van der Waals surface area contributed by atoms with Gasteiger partial charge in [0.25, 0.3) is 0 Å². The van der Waals surface area contributed by atoms with E-state index in [1.807, 2.05) is 6.07 Å². The normalized spacial score (nSPS) is 18.3. The molecule has 2 fully saturated rings. The van der Waals surface area contributed by atoms with Gasteiger partial charge in [-0.3, -0.25) is 57.5 Å². The number of aliphatic hydroxyl groups is 2. The Balaban J connectivity index is 1.41. The van der Waals surface area contributed by atoms with Gasteiger partial charge in [0.05, 0.1) is 25.2 Å². The third-order valence-corrected chi connectivity index (χ3v) is 14.6. The topological polar surface area (TPSA) is 458 Å². The van der Waals surface area contributed by atoms with Crippen LogP contribution < -0.4 is 54.0 Å². The predicted octanol–water partition coefficient (Wildman–Crippen LogP) is -3.81. The van der Waals surface area contributed by atoms with Crippen molar-refractivity contribution in [2.24, 2.45) is 23.3 Å². The highest BCUT2D eigenvalue weighted by Crippen LogP contribution is 2.23. The maximum Gasteiger partial charge on any atom is 0.326 e. The molecule has 0 aliphatic carbocycles. The van der Waals surface area contributed by atoms with Gasteiger partial charge in [0, 0.05) is 25.9 Å². The van der Waals surface area contributed by atoms with E-state index >= 15 is 0 Å². The Morgan fingerprint density at radius 2 is 0.988 bits per heavy atom. The van der Waals surface area contributed by atoms with Crippen molar-refractivity contribution in [3.8, 4) is 0 Å². The zero-order valence-electron chi connectivity index (χ0n) is 49.0. The average molecular weight is 1210 g/mol. The molecule has 12 atom stereocenters. The van der Waals surface area contributed by atoms with Crippen molar-refractivity contribution in [3.63, 3.8) is 0 Å². The second kappa shape index (κ2) is 33.2. The Kier molecular flexibility index (Phi) is 27.0. The van der Waals surface area contributed by atoms with Crippen LogP contribution in [0.3, 0.4) is 0 Å². The van der Waals surface area contributed by atoms with Gasteiger partial charge in [0.1, 0.15) is 60.4 Å². The number of carboxylic acids is 2. The van der Waals surface area contributed by atoms with Crippen LogP contribution in [-0.2, 0) is 75.2 Å². The highest BCUT2D eigenvalue weighted by molar-refractivity contribution is 6.00. The third kappa shape index (κ3) is 20.6. The van der Waals surface area contributed by atoms with E-state index in [1.165, 1.54) is 18.7 Å². The van der Waals surface area contributed by atoms with Crippen LogP contribution in [0.5, 0.6) is 0 Å². The first-order valence-electron chi connectivity index (χ1n) is 28.4. The van der Waals surface area contributed by atoms with Crippen LogP contribution in [0.4, 0.5) is 0 Å². The van der Waals surface area contributed by atoms with Gasteiger partial charge in [-0.15, -0.1) is 0 Å². The number of carbonyl (C=O) groups excluding carboxylic acids is 11. The van der Waals surface area contributed by atoms with E-state index in [-0.39, 0.29) is 45.2 Å². The number of carbonyl (C=O) groups is 13. The number of aliphatic carboxylic acids is 2. The number of hydrogen-bond acceptors (Lipinski definition) is 16. The second-order valence-electron chi connectivity index (χ2n) is 22.2. The molecule has 2 aliphatic rings. The maximum atomic E-state index is 14.3. The molecule has 0 aromatic heterocycles. The molecule has 2 aromatic rings. The first-order chi connectivity index (χ1) is 40.5. The fourth-order valence-corrected chi connectivity index (χ4v) is 9.79. The first-order valence-corrected chi connectivity index (χ1v) is 28.4. The zero-order valence-corrected chi connectivity index (χ0v) is 49.0. The number of benzene rings is 2. The van der Waals surface area contributed by atoms with E-state index in [1.54, 1.807) is 82.3 Å². The number of primary amides is 1. The fraction of sp³-hybridized carbons (Fsp3) is 0.561. The molecule has 11 amide bonds. The molecular weight excluding hydrogens is 1120 g/mol. The molecule has 472 valence electrons. The van der Waals surface area contributed by atoms with E-state index in [0.717, 1.165) is 10.5 Å². The zero-order chi connectivity index (χ0) is 64.1. The van der Waals surface area contributed by atoms with Gasteiger partial charge >= 0.3 is 11.9 Å². The summed E-state index contributed by atoms with van der Waals surface area (Å²) in [6, 6.07) is 1.54. The van der Waals surface area contributed by atoms with Crippen molar-refractivity contribution in [3.05, 3.63) is 71.8 Å². The van der Waals surface area contributed by atoms with Crippen LogP contribution in [0, 0.1) is 11.8 Å². The number of rotatable bonds is 32. The summed E-state index contributed by atoms with van der Waals surface area (Å²) in [4.78, 5) is 176. The first kappa shape index (κ1) is 69.9. The van der Waals surface area contributed by atoms with Crippen LogP contribution in [0.15, 0.2) is 60.7 Å². The summed E-state index contributed by atoms with van der Waals surface area (Å²) in [6.45, 7) is 7.87. The van der Waals surface area contributed by atoms with Crippen LogP contribution in [0.1, 0.15) is 97.6 Å². The lowest BCUT2D eigenvalue weighted by atomic mass is 10.00. The number of nitrogens with two attached hydrogens (primary N) is 2. The number of amides is 11. The van der Waals surface area contributed by atoms with E-state index in [4.69, 9.17) is 11.5 Å². The molecule has 2 aliphatic heterocycles. The SMILES string of the molecule is CC(C)[C@H](NC(=O)[C@H](CC(N)=O)NC(=O)[C@@H](NC(=O)[C@@H]1CCCN1C(=O)[C@@H](NC(=O)[C@@H](N)Cc1ccccc1)C(C)C)[C@@H](C)O)C(=O)N1CCC[C@H]1C(=O)N[C@@H](CO)C(=O)N[C@@H](CCC(=O)O)C(=O)N[C@@H](C)C(=O)N[C@@H](Cc1ccccc1)C(=O)O. The molecule has 29 nitrogen and oxygen atoms in total. The summed E-state index contributed by atoms with van der Waals surface area (Å²) in [5.74, 6) is -14.2. The maximum absolute atomic E-state index is 14.3. The van der Waals surface area contributed by atoms with Gasteiger partial charge in [-0.05, 0) is 75.3 Å². The van der Waals surface area contributed by atoms with Crippen LogP contribution in [0.2, 0.25) is 0 Å². The van der Waals surface area contributed by atoms with Crippen LogP contribution >= 0.6 is 0 Å². The van der Waals surface area contributed by atoms with Gasteiger partial charge in [0.2, 0.25) is 65.0 Å². The highest BCUT2D eigenvalue weighted by Gasteiger charge is 2.44. The standard InChI is InChI=1S/C57H82N12O17/c1-29(2)44(65-48(76)35(58)25-33-15-9-7-10-16-33)55(83)69-24-14-20-41(69)53(81)67-46(32(6)71)54(82)62-37(27-42(59)72)50(78)66-45(30(3)4)56(84)68-23-13-19-40(68)52(80)64-39(28-70)51(79)61-36(21-22-43(73)74)49(77)60-31(5)47(75)63-38(57(85)86)26-34-17-11-8-12-18-34/h7-12,15-18,29-32,35-41,44-46,70-71H,13-14,19-28,58H2,1-6H3,(H2,59,72)(H,60,77)(H,61,79)(H,62,82)(H,63,75)(H,64,80)(H,65,76)(H,66,78)(H,67,81)(H,73,74)(H,85,86)/t31-,32+,35-,36-,37-,38-,39-,40-,41-,44-,45-,46-/m0/s1. The Labute approximate surface area is 497 Å². The Bertz CT molecular complexity index is 2750. The van der Waals surface area contributed by atoms with Crippen molar-refractivity contribution in [2.45, 2.75) is 172 Å². The molecule has 4 rings (SSSR count). The van der Waals surface area contributed by atoms with Gasteiger partial charge in [-0.25, -0.2) is 4.79 Å². The fourth-order valence-electron chi connectivity index (χ4n) is 9.79. The minimum absolute atomic E-state index is 0.0200. The third-order valence-electron chi connectivity index (χ3n) is 14.6. The molecule has 86 heavy (non-hydrogen) atoms. The Morgan fingerprint density at radius 3 is 1.45 bits per heavy atom. The molecule has 0 spiro atoms. The van der Waals surface area contributed by atoms with E-state index in [2.05, 4.69) is 42.5 Å².